The number of halogens is 3. The average molecular weight is 229 g/mol. The van der Waals surface area contributed by atoms with Gasteiger partial charge in [-0.1, -0.05) is 12.1 Å². The van der Waals surface area contributed by atoms with E-state index in [-0.39, 0.29) is 0 Å². The molecule has 0 saturated heterocycles. The first-order chi connectivity index (χ1) is 7.49. The van der Waals surface area contributed by atoms with Gasteiger partial charge in [0, 0.05) is 6.61 Å². The molecule has 1 unspecified atom stereocenters. The third-order valence-electron chi connectivity index (χ3n) is 1.99. The number of nitrogens with zero attached hydrogens (tertiary/aromatic N) is 1. The molecule has 0 fully saturated rings. The van der Waals surface area contributed by atoms with Crippen molar-refractivity contribution in [2.75, 3.05) is 6.61 Å². The molecule has 0 amide bonds. The van der Waals surface area contributed by atoms with Crippen molar-refractivity contribution in [1.82, 2.24) is 0 Å². The average Bonchev–Trinajstić information content (AvgIpc) is 2.25. The van der Waals surface area contributed by atoms with E-state index in [0.717, 1.165) is 12.1 Å². The van der Waals surface area contributed by atoms with Crippen LogP contribution in [0.15, 0.2) is 24.3 Å². The van der Waals surface area contributed by atoms with Crippen LogP contribution in [0, 0.1) is 11.3 Å². The summed E-state index contributed by atoms with van der Waals surface area (Å²) in [5.41, 5.74) is -0.304. The Morgan fingerprint density at radius 3 is 2.25 bits per heavy atom. The highest BCUT2D eigenvalue weighted by atomic mass is 19.4. The number of nitriles is 1. The van der Waals surface area contributed by atoms with Crippen molar-refractivity contribution in [3.63, 3.8) is 0 Å². The Bertz CT molecular complexity index is 378. The van der Waals surface area contributed by atoms with Crippen LogP contribution >= 0.6 is 0 Å². The summed E-state index contributed by atoms with van der Waals surface area (Å²) in [5.74, 6) is 0. The van der Waals surface area contributed by atoms with Crippen molar-refractivity contribution in [1.29, 1.82) is 5.26 Å². The molecule has 0 aliphatic heterocycles. The fourth-order valence-corrected chi connectivity index (χ4v) is 1.22. The highest BCUT2D eigenvalue weighted by Gasteiger charge is 2.30. The molecule has 0 aliphatic rings. The minimum Gasteiger partial charge on any atom is -0.359 e. The summed E-state index contributed by atoms with van der Waals surface area (Å²) in [6.45, 7) is 2.05. The monoisotopic (exact) mass is 229 g/mol. The quantitative estimate of drug-likeness (QED) is 0.796. The van der Waals surface area contributed by atoms with Gasteiger partial charge in [-0.2, -0.15) is 18.4 Å². The zero-order valence-corrected chi connectivity index (χ0v) is 8.58. The second kappa shape index (κ2) is 4.99. The van der Waals surface area contributed by atoms with Crippen LogP contribution in [0.5, 0.6) is 0 Å². The van der Waals surface area contributed by atoms with Gasteiger partial charge in [0.15, 0.2) is 6.10 Å². The van der Waals surface area contributed by atoms with Crippen LogP contribution < -0.4 is 0 Å². The van der Waals surface area contributed by atoms with E-state index in [4.69, 9.17) is 10.00 Å². The minimum absolute atomic E-state index is 0.333. The van der Waals surface area contributed by atoms with E-state index >= 15 is 0 Å². The van der Waals surface area contributed by atoms with Crippen molar-refractivity contribution in [2.45, 2.75) is 19.2 Å². The van der Waals surface area contributed by atoms with Gasteiger partial charge in [0.1, 0.15) is 0 Å². The summed E-state index contributed by atoms with van der Waals surface area (Å²) >= 11 is 0. The van der Waals surface area contributed by atoms with Crippen molar-refractivity contribution in [3.8, 4) is 6.07 Å². The van der Waals surface area contributed by atoms with Crippen LogP contribution in [0.1, 0.15) is 24.2 Å². The Balaban J connectivity index is 2.90. The number of benzene rings is 1. The fraction of sp³-hybridized carbons (Fsp3) is 0.364. The summed E-state index contributed by atoms with van der Waals surface area (Å²) in [7, 11) is 0. The maximum absolute atomic E-state index is 12.3. The van der Waals surface area contributed by atoms with Crippen molar-refractivity contribution in [2.24, 2.45) is 0 Å². The Labute approximate surface area is 91.3 Å². The maximum atomic E-state index is 12.3. The van der Waals surface area contributed by atoms with Gasteiger partial charge < -0.3 is 4.74 Å². The maximum Gasteiger partial charge on any atom is 0.416 e. The second-order valence-electron chi connectivity index (χ2n) is 3.08. The summed E-state index contributed by atoms with van der Waals surface area (Å²) in [4.78, 5) is 0. The molecule has 0 saturated carbocycles. The molecule has 0 radical (unpaired) electrons. The number of rotatable bonds is 3. The fourth-order valence-electron chi connectivity index (χ4n) is 1.22. The van der Waals surface area contributed by atoms with Crippen molar-refractivity contribution >= 4 is 0 Å². The standard InChI is InChI=1S/C11H10F3NO/c1-2-16-10(7-15)8-3-5-9(6-4-8)11(12,13)14/h3-6,10H,2H2,1H3. The lowest BCUT2D eigenvalue weighted by molar-refractivity contribution is -0.137. The Morgan fingerprint density at radius 2 is 1.88 bits per heavy atom. The summed E-state index contributed by atoms with van der Waals surface area (Å²) in [5, 5.41) is 8.74. The lowest BCUT2D eigenvalue weighted by Gasteiger charge is -2.11. The normalized spacial score (nSPS) is 13.2. The first-order valence-electron chi connectivity index (χ1n) is 4.67. The molecule has 1 aromatic carbocycles. The number of alkyl halides is 3. The largest absolute Gasteiger partial charge is 0.416 e. The highest BCUT2D eigenvalue weighted by molar-refractivity contribution is 5.28. The molecule has 86 valence electrons. The molecule has 16 heavy (non-hydrogen) atoms. The van der Waals surface area contributed by atoms with Gasteiger partial charge in [0.25, 0.3) is 0 Å². The molecule has 0 bridgehead atoms. The number of hydrogen-bond acceptors (Lipinski definition) is 2. The van der Waals surface area contributed by atoms with Crippen LogP contribution in [-0.2, 0) is 10.9 Å². The van der Waals surface area contributed by atoms with Gasteiger partial charge in [-0.05, 0) is 24.6 Å². The van der Waals surface area contributed by atoms with E-state index in [1.807, 2.05) is 6.07 Å². The SMILES string of the molecule is CCOC(C#N)c1ccc(C(F)(F)F)cc1. The molecule has 0 spiro atoms. The Hall–Kier alpha value is -1.54. The molecule has 0 N–H and O–H groups in total. The van der Waals surface area contributed by atoms with Crippen molar-refractivity contribution in [3.05, 3.63) is 35.4 Å². The zero-order valence-electron chi connectivity index (χ0n) is 8.58. The zero-order chi connectivity index (χ0) is 12.2. The molecular weight excluding hydrogens is 219 g/mol. The summed E-state index contributed by atoms with van der Waals surface area (Å²) in [6, 6.07) is 6.27. The Morgan fingerprint density at radius 1 is 1.31 bits per heavy atom. The smallest absolute Gasteiger partial charge is 0.359 e. The van der Waals surface area contributed by atoms with Gasteiger partial charge in [-0.15, -0.1) is 0 Å². The third kappa shape index (κ3) is 2.97. The van der Waals surface area contributed by atoms with Crippen molar-refractivity contribution < 1.29 is 17.9 Å². The molecule has 2 nitrogen and oxygen atoms in total. The molecule has 1 aromatic rings. The van der Waals surface area contributed by atoms with E-state index in [1.165, 1.54) is 12.1 Å². The predicted molar refractivity (Wildman–Crippen MR) is 51.4 cm³/mol. The van der Waals surface area contributed by atoms with E-state index in [9.17, 15) is 13.2 Å². The lowest BCUT2D eigenvalue weighted by atomic mass is 10.1. The van der Waals surface area contributed by atoms with E-state index in [2.05, 4.69) is 0 Å². The molecule has 0 heterocycles. The van der Waals surface area contributed by atoms with Gasteiger partial charge in [0.05, 0.1) is 11.6 Å². The van der Waals surface area contributed by atoms with Crippen LogP contribution in [0.2, 0.25) is 0 Å². The second-order valence-corrected chi connectivity index (χ2v) is 3.08. The molecule has 1 atom stereocenters. The minimum atomic E-state index is -4.35. The van der Waals surface area contributed by atoms with E-state index in [0.29, 0.717) is 12.2 Å². The lowest BCUT2D eigenvalue weighted by Crippen LogP contribution is -2.06. The molecule has 0 aliphatic carbocycles. The molecule has 5 heteroatoms. The van der Waals surface area contributed by atoms with E-state index in [1.54, 1.807) is 6.92 Å². The van der Waals surface area contributed by atoms with E-state index < -0.39 is 17.8 Å². The van der Waals surface area contributed by atoms with Crippen LogP contribution in [-0.4, -0.2) is 6.61 Å². The summed E-state index contributed by atoms with van der Waals surface area (Å²) < 4.78 is 41.8. The predicted octanol–water partition coefficient (Wildman–Crippen LogP) is 3.31. The van der Waals surface area contributed by atoms with Gasteiger partial charge in [-0.25, -0.2) is 0 Å². The number of ether oxygens (including phenoxy) is 1. The summed E-state index contributed by atoms with van der Waals surface area (Å²) in [6.07, 6.45) is -5.17. The highest BCUT2D eigenvalue weighted by Crippen LogP contribution is 2.30. The molecule has 0 aromatic heterocycles. The van der Waals surface area contributed by atoms with Gasteiger partial charge >= 0.3 is 6.18 Å². The Kier molecular flexibility index (Phi) is 3.91. The van der Waals surface area contributed by atoms with Crippen LogP contribution in [0.25, 0.3) is 0 Å². The van der Waals surface area contributed by atoms with Gasteiger partial charge in [0.2, 0.25) is 0 Å². The topological polar surface area (TPSA) is 33.0 Å². The van der Waals surface area contributed by atoms with Crippen LogP contribution in [0.4, 0.5) is 13.2 Å². The molecular formula is C11H10F3NO. The third-order valence-corrected chi connectivity index (χ3v) is 1.99. The molecule has 1 rings (SSSR count). The van der Waals surface area contributed by atoms with Gasteiger partial charge in [-0.3, -0.25) is 0 Å². The number of hydrogen-bond donors (Lipinski definition) is 0. The first-order valence-corrected chi connectivity index (χ1v) is 4.67. The van der Waals surface area contributed by atoms with Crippen LogP contribution in [0.3, 0.4) is 0 Å². The first kappa shape index (κ1) is 12.5.